The van der Waals surface area contributed by atoms with Crippen molar-refractivity contribution in [2.24, 2.45) is 0 Å². The Labute approximate surface area is 148 Å². The van der Waals surface area contributed by atoms with Crippen LogP contribution in [-0.4, -0.2) is 9.97 Å². The Morgan fingerprint density at radius 2 is 1.84 bits per heavy atom. The first-order valence-corrected chi connectivity index (χ1v) is 7.94. The number of H-pyrrole nitrogens is 1. The molecule has 1 aromatic heterocycles. The van der Waals surface area contributed by atoms with Gasteiger partial charge in [-0.3, -0.25) is 0 Å². The fraction of sp³-hybridized carbons (Fsp3) is 0.167. The van der Waals surface area contributed by atoms with Crippen LogP contribution in [-0.2, 0) is 19.3 Å². The van der Waals surface area contributed by atoms with Gasteiger partial charge in [-0.1, -0.05) is 35.9 Å². The Balaban J connectivity index is 1.96. The standard InChI is InChI=1S/C18H15ClF3N3/c19-14-5-3-6-16(8-14)25(11-15-9-23-12-24-15)10-13-4-1-2-7-17(13)18(20,21)22/h1-9,12H,10-11H2,(H,23,24). The van der Waals surface area contributed by atoms with Crippen LogP contribution in [0.1, 0.15) is 16.8 Å². The molecule has 0 spiro atoms. The lowest BCUT2D eigenvalue weighted by Crippen LogP contribution is -2.24. The molecule has 130 valence electrons. The zero-order valence-corrected chi connectivity index (χ0v) is 13.8. The van der Waals surface area contributed by atoms with Gasteiger partial charge in [0, 0.05) is 23.5 Å². The molecule has 0 aliphatic heterocycles. The van der Waals surface area contributed by atoms with E-state index in [1.54, 1.807) is 30.5 Å². The molecule has 25 heavy (non-hydrogen) atoms. The van der Waals surface area contributed by atoms with Crippen LogP contribution in [0, 0.1) is 0 Å². The monoisotopic (exact) mass is 365 g/mol. The largest absolute Gasteiger partial charge is 0.416 e. The van der Waals surface area contributed by atoms with Crippen molar-refractivity contribution in [3.63, 3.8) is 0 Å². The van der Waals surface area contributed by atoms with Crippen molar-refractivity contribution in [1.29, 1.82) is 0 Å². The van der Waals surface area contributed by atoms with E-state index in [0.29, 0.717) is 11.6 Å². The number of aromatic amines is 1. The van der Waals surface area contributed by atoms with Crippen molar-refractivity contribution in [3.8, 4) is 0 Å². The van der Waals surface area contributed by atoms with Crippen molar-refractivity contribution in [2.75, 3.05) is 4.90 Å². The summed E-state index contributed by atoms with van der Waals surface area (Å²) in [5, 5.41) is 0.524. The average Bonchev–Trinajstić information content (AvgIpc) is 3.07. The summed E-state index contributed by atoms with van der Waals surface area (Å²) in [6, 6.07) is 12.6. The minimum atomic E-state index is -4.40. The molecule has 0 unspecified atom stereocenters. The topological polar surface area (TPSA) is 31.9 Å². The third-order valence-electron chi connectivity index (χ3n) is 3.77. The Hall–Kier alpha value is -2.47. The molecule has 0 bridgehead atoms. The summed E-state index contributed by atoms with van der Waals surface area (Å²) in [5.74, 6) is 0. The maximum absolute atomic E-state index is 13.3. The molecule has 0 saturated carbocycles. The van der Waals surface area contributed by atoms with Gasteiger partial charge in [0.2, 0.25) is 0 Å². The van der Waals surface area contributed by atoms with Crippen LogP contribution in [0.5, 0.6) is 0 Å². The predicted molar refractivity (Wildman–Crippen MR) is 91.4 cm³/mol. The molecule has 3 nitrogen and oxygen atoms in total. The summed E-state index contributed by atoms with van der Waals surface area (Å²) in [6.45, 7) is 0.474. The summed E-state index contributed by atoms with van der Waals surface area (Å²) < 4.78 is 39.9. The van der Waals surface area contributed by atoms with Gasteiger partial charge in [-0.15, -0.1) is 0 Å². The maximum Gasteiger partial charge on any atom is 0.416 e. The molecule has 0 aliphatic rings. The number of hydrogen-bond donors (Lipinski definition) is 1. The van der Waals surface area contributed by atoms with Gasteiger partial charge in [-0.05, 0) is 29.8 Å². The molecule has 0 fully saturated rings. The number of aromatic nitrogens is 2. The zero-order chi connectivity index (χ0) is 17.9. The Morgan fingerprint density at radius 1 is 1.04 bits per heavy atom. The third kappa shape index (κ3) is 4.33. The number of halogens is 4. The molecule has 0 saturated heterocycles. The lowest BCUT2D eigenvalue weighted by Gasteiger charge is -2.26. The van der Waals surface area contributed by atoms with E-state index in [2.05, 4.69) is 9.97 Å². The lowest BCUT2D eigenvalue weighted by molar-refractivity contribution is -0.138. The summed E-state index contributed by atoms with van der Waals surface area (Å²) in [7, 11) is 0. The summed E-state index contributed by atoms with van der Waals surface area (Å²) in [4.78, 5) is 8.76. The van der Waals surface area contributed by atoms with Crippen LogP contribution >= 0.6 is 11.6 Å². The number of nitrogens with one attached hydrogen (secondary N) is 1. The summed E-state index contributed by atoms with van der Waals surface area (Å²) >= 11 is 6.05. The van der Waals surface area contributed by atoms with Gasteiger partial charge in [0.05, 0.1) is 24.1 Å². The minimum Gasteiger partial charge on any atom is -0.361 e. The molecule has 0 radical (unpaired) electrons. The van der Waals surface area contributed by atoms with E-state index in [4.69, 9.17) is 11.6 Å². The van der Waals surface area contributed by atoms with Gasteiger partial charge in [-0.2, -0.15) is 13.2 Å². The van der Waals surface area contributed by atoms with Crippen molar-refractivity contribution < 1.29 is 13.2 Å². The second-order valence-corrected chi connectivity index (χ2v) is 6.00. The molecule has 0 amide bonds. The van der Waals surface area contributed by atoms with Crippen molar-refractivity contribution >= 4 is 17.3 Å². The smallest absolute Gasteiger partial charge is 0.361 e. The molecule has 0 aliphatic carbocycles. The lowest BCUT2D eigenvalue weighted by atomic mass is 10.1. The molecular formula is C18H15ClF3N3. The Kier molecular flexibility index (Phi) is 4.99. The highest BCUT2D eigenvalue weighted by Gasteiger charge is 2.33. The molecular weight excluding hydrogens is 351 g/mol. The van der Waals surface area contributed by atoms with E-state index in [1.807, 2.05) is 11.0 Å². The van der Waals surface area contributed by atoms with E-state index in [0.717, 1.165) is 17.4 Å². The van der Waals surface area contributed by atoms with E-state index in [1.165, 1.54) is 18.5 Å². The van der Waals surface area contributed by atoms with Crippen LogP contribution in [0.2, 0.25) is 5.02 Å². The number of rotatable bonds is 5. The first-order valence-electron chi connectivity index (χ1n) is 7.56. The summed E-state index contributed by atoms with van der Waals surface area (Å²) in [6.07, 6.45) is -1.22. The number of anilines is 1. The number of nitrogens with zero attached hydrogens (tertiary/aromatic N) is 2. The molecule has 3 rings (SSSR count). The number of hydrogen-bond acceptors (Lipinski definition) is 2. The first kappa shape index (κ1) is 17.4. The van der Waals surface area contributed by atoms with E-state index >= 15 is 0 Å². The van der Waals surface area contributed by atoms with E-state index in [-0.39, 0.29) is 12.1 Å². The number of benzene rings is 2. The highest BCUT2D eigenvalue weighted by Crippen LogP contribution is 2.33. The van der Waals surface area contributed by atoms with E-state index < -0.39 is 11.7 Å². The molecule has 2 aromatic carbocycles. The fourth-order valence-electron chi connectivity index (χ4n) is 2.63. The average molecular weight is 366 g/mol. The molecule has 0 atom stereocenters. The van der Waals surface area contributed by atoms with Crippen LogP contribution in [0.3, 0.4) is 0 Å². The molecule has 1 heterocycles. The third-order valence-corrected chi connectivity index (χ3v) is 4.01. The second-order valence-electron chi connectivity index (χ2n) is 5.57. The second kappa shape index (κ2) is 7.19. The van der Waals surface area contributed by atoms with Gasteiger partial charge in [-0.25, -0.2) is 4.98 Å². The SMILES string of the molecule is FC(F)(F)c1ccccc1CN(Cc1cnc[nH]1)c1cccc(Cl)c1. The minimum absolute atomic E-state index is 0.0923. The van der Waals surface area contributed by atoms with Crippen LogP contribution in [0.15, 0.2) is 61.1 Å². The summed E-state index contributed by atoms with van der Waals surface area (Å²) in [5.41, 5.74) is 1.10. The van der Waals surface area contributed by atoms with Gasteiger partial charge >= 0.3 is 6.18 Å². The normalized spacial score (nSPS) is 11.5. The van der Waals surface area contributed by atoms with Crippen LogP contribution < -0.4 is 4.90 Å². The number of alkyl halides is 3. The first-order chi connectivity index (χ1) is 11.9. The molecule has 7 heteroatoms. The van der Waals surface area contributed by atoms with Crippen LogP contribution in [0.25, 0.3) is 0 Å². The van der Waals surface area contributed by atoms with Crippen molar-refractivity contribution in [3.05, 3.63) is 82.9 Å². The molecule has 1 N–H and O–H groups in total. The number of imidazole rings is 1. The van der Waals surface area contributed by atoms with Gasteiger partial charge < -0.3 is 9.88 Å². The van der Waals surface area contributed by atoms with E-state index in [9.17, 15) is 13.2 Å². The quantitative estimate of drug-likeness (QED) is 0.666. The maximum atomic E-state index is 13.3. The zero-order valence-electron chi connectivity index (χ0n) is 13.1. The predicted octanol–water partition coefficient (Wildman–Crippen LogP) is 5.29. The van der Waals surface area contributed by atoms with Crippen molar-refractivity contribution in [2.45, 2.75) is 19.3 Å². The van der Waals surface area contributed by atoms with Crippen molar-refractivity contribution in [1.82, 2.24) is 9.97 Å². The highest BCUT2D eigenvalue weighted by molar-refractivity contribution is 6.30. The van der Waals surface area contributed by atoms with Gasteiger partial charge in [0.1, 0.15) is 0 Å². The molecule has 3 aromatic rings. The van der Waals surface area contributed by atoms with Gasteiger partial charge in [0.25, 0.3) is 0 Å². The highest BCUT2D eigenvalue weighted by atomic mass is 35.5. The Bertz CT molecular complexity index is 832. The fourth-order valence-corrected chi connectivity index (χ4v) is 2.81. The van der Waals surface area contributed by atoms with Crippen LogP contribution in [0.4, 0.5) is 18.9 Å². The Morgan fingerprint density at radius 3 is 2.52 bits per heavy atom. The van der Waals surface area contributed by atoms with Gasteiger partial charge in [0.15, 0.2) is 0 Å².